The van der Waals surface area contributed by atoms with Gasteiger partial charge in [-0.05, 0) is 193 Å². The molecular formula is C95H131Cl2N15O28. The lowest BCUT2D eigenvalue weighted by Crippen LogP contribution is -2.64. The number of benzene rings is 5. The molecular weight excluding hydrogens is 1870 g/mol. The summed E-state index contributed by atoms with van der Waals surface area (Å²) in [5.41, 5.74) is 19.6. The van der Waals surface area contributed by atoms with Crippen LogP contribution in [0.5, 0.6) is 46.0 Å². The molecule has 7 aliphatic heterocycles. The first-order valence-corrected chi connectivity index (χ1v) is 47.9. The number of nitrogens with one attached hydrogen (secondary N) is 11. The molecule has 11 amide bonds. The summed E-state index contributed by atoms with van der Waals surface area (Å²) in [6, 6.07) is -4.81. The number of likely N-dealkylation sites (N-methyl/N-ethyl adjacent to an activating group) is 1. The van der Waals surface area contributed by atoms with Gasteiger partial charge < -0.3 is 161 Å². The Kier molecular flexibility index (Phi) is 40.5. The van der Waals surface area contributed by atoms with Crippen molar-refractivity contribution in [1.29, 1.82) is 0 Å². The molecule has 5 aromatic rings. The van der Waals surface area contributed by atoms with E-state index in [1.165, 1.54) is 33.0 Å². The Balaban J connectivity index is 1.05. The summed E-state index contributed by atoms with van der Waals surface area (Å²) in [6.07, 6.45) is -9.42. The van der Waals surface area contributed by atoms with E-state index in [1.54, 1.807) is 0 Å². The molecule has 29 N–H and O–H groups in total. The number of ether oxygens (including phenoxy) is 6. The van der Waals surface area contributed by atoms with Crippen LogP contribution in [0.2, 0.25) is 10.0 Å². The van der Waals surface area contributed by atoms with Crippen molar-refractivity contribution in [1.82, 2.24) is 58.5 Å². The molecule has 7 heterocycles. The second-order valence-electron chi connectivity index (χ2n) is 36.5. The van der Waals surface area contributed by atoms with Gasteiger partial charge in [0.2, 0.25) is 77.0 Å². The third-order valence-electron chi connectivity index (χ3n) is 25.1. The number of aromatic hydroxyl groups is 3. The van der Waals surface area contributed by atoms with Crippen molar-refractivity contribution in [2.24, 2.45) is 28.9 Å². The summed E-state index contributed by atoms with van der Waals surface area (Å²) >= 11 is 14.4. The molecule has 0 aliphatic carbocycles. The van der Waals surface area contributed by atoms with E-state index in [-0.39, 0.29) is 93.2 Å². The van der Waals surface area contributed by atoms with E-state index in [0.717, 1.165) is 112 Å². The highest BCUT2D eigenvalue weighted by atomic mass is 35.5. The van der Waals surface area contributed by atoms with E-state index in [4.69, 9.17) is 74.6 Å². The Bertz CT molecular complexity index is 5220. The first kappa shape index (κ1) is 111. The fraction of sp³-hybridized carbons (Fsp3) is 0.558. The molecule has 12 rings (SSSR count). The lowest BCUT2D eigenvalue weighted by molar-refractivity contribution is -0.333. The van der Waals surface area contributed by atoms with Crippen LogP contribution in [-0.2, 0) is 71.7 Å². The summed E-state index contributed by atoms with van der Waals surface area (Å²) in [6.45, 7) is 7.92. The molecule has 768 valence electrons. The van der Waals surface area contributed by atoms with Crippen molar-refractivity contribution in [2.45, 2.75) is 297 Å². The van der Waals surface area contributed by atoms with E-state index in [1.807, 2.05) is 13.8 Å². The van der Waals surface area contributed by atoms with Gasteiger partial charge in [0.1, 0.15) is 114 Å². The van der Waals surface area contributed by atoms with Gasteiger partial charge in [-0.15, -0.1) is 0 Å². The zero-order valence-electron chi connectivity index (χ0n) is 78.7. The predicted molar refractivity (Wildman–Crippen MR) is 505 cm³/mol. The quantitative estimate of drug-likeness (QED) is 0.0250. The number of carbonyl (C=O) groups is 12. The van der Waals surface area contributed by atoms with Crippen LogP contribution in [0, 0.1) is 5.92 Å². The van der Waals surface area contributed by atoms with Gasteiger partial charge in [-0.3, -0.25) is 52.7 Å². The minimum Gasteiger partial charge on any atom is -0.508 e. The van der Waals surface area contributed by atoms with Crippen molar-refractivity contribution in [2.75, 3.05) is 33.3 Å². The average molecular weight is 2000 g/mol. The van der Waals surface area contributed by atoms with Crippen molar-refractivity contribution < 1.29 is 137 Å². The number of carbonyl (C=O) groups excluding carboxylic acids is 11. The van der Waals surface area contributed by atoms with Crippen molar-refractivity contribution in [3.63, 3.8) is 0 Å². The van der Waals surface area contributed by atoms with Gasteiger partial charge in [0.15, 0.2) is 23.9 Å². The number of phenols is 3. The molecule has 43 nitrogen and oxygen atoms in total. The van der Waals surface area contributed by atoms with Crippen LogP contribution >= 0.6 is 23.2 Å². The number of phenolic OH excluding ortho intramolecular Hbond substituents is 3. The highest BCUT2D eigenvalue weighted by Gasteiger charge is 2.52. The molecule has 45 heteroatoms. The summed E-state index contributed by atoms with van der Waals surface area (Å²) in [5, 5.41) is 145. The Morgan fingerprint density at radius 2 is 1.17 bits per heavy atom. The van der Waals surface area contributed by atoms with Crippen molar-refractivity contribution in [3.8, 4) is 57.1 Å². The fourth-order valence-electron chi connectivity index (χ4n) is 17.3. The topological polar surface area (TPSA) is 699 Å². The number of carboxylic acid groups (broad SMARTS) is 1. The largest absolute Gasteiger partial charge is 0.508 e. The Labute approximate surface area is 818 Å². The minimum atomic E-state index is -2.41. The smallest absolute Gasteiger partial charge is 0.326 e. The van der Waals surface area contributed by atoms with Gasteiger partial charge in [-0.25, -0.2) is 4.79 Å². The monoisotopic (exact) mass is 2000 g/mol. The predicted octanol–water partition coefficient (Wildman–Crippen LogP) is 2.64. The zero-order chi connectivity index (χ0) is 102. The van der Waals surface area contributed by atoms with Crippen LogP contribution in [-0.4, -0.2) is 252 Å². The van der Waals surface area contributed by atoms with E-state index in [9.17, 15) is 79.8 Å². The fourth-order valence-corrected chi connectivity index (χ4v) is 17.8. The normalized spacial score (nSPS) is 25.1. The van der Waals surface area contributed by atoms with Crippen LogP contribution in [0.15, 0.2) is 78.9 Å². The van der Waals surface area contributed by atoms with Gasteiger partial charge in [-0.2, -0.15) is 0 Å². The number of aliphatic hydroxyl groups excluding tert-OH is 6. The maximum Gasteiger partial charge on any atom is 0.326 e. The number of aliphatic carboxylic acids is 1. The van der Waals surface area contributed by atoms with Gasteiger partial charge in [-0.1, -0.05) is 107 Å². The molecule has 7 aliphatic rings. The molecule has 5 aromatic carbocycles. The van der Waals surface area contributed by atoms with Gasteiger partial charge in [0.05, 0.1) is 41.3 Å². The Hall–Kier alpha value is -11.4. The minimum absolute atomic E-state index is 0.0302. The summed E-state index contributed by atoms with van der Waals surface area (Å²) in [4.78, 5) is 176. The zero-order valence-corrected chi connectivity index (χ0v) is 80.2. The third kappa shape index (κ3) is 29.0. The number of aliphatic hydroxyl groups is 6. The number of rotatable bonds is 41. The number of nitrogens with two attached hydrogens (primary N) is 4. The highest BCUT2D eigenvalue weighted by molar-refractivity contribution is 6.32. The maximum absolute atomic E-state index is 16.4. The van der Waals surface area contributed by atoms with Gasteiger partial charge >= 0.3 is 5.97 Å². The molecule has 0 aromatic heterocycles. The molecule has 11 bridgehead atoms. The van der Waals surface area contributed by atoms with E-state index < -0.39 is 284 Å². The Morgan fingerprint density at radius 3 is 1.76 bits per heavy atom. The molecule has 140 heavy (non-hydrogen) atoms. The SMILES string of the molecule is CCCCCCCCCCC(=O)N[C@@H](CCCCN)C(=O)N[C@@H](CCCCN)C(=O)NC(CCCCNC(=O)[C@H]1NC(=O)[C@H]2NC(=O)[C@H](NC(=O)[C@@H]3NC(=O)[C@H](CC(N)=O)NC(=O)[C@H](NC(=O)[C@@H](CC(C)C)NC)[C@H](O)c4ccc(c(Cl)c4)Oc4cc3cc(c4O[C@@H]3O[C@H](CO)[C@@H](O)[C@H](O)[C@H]3O[C@H]3C[C@](C)(N)[C@H](O)[C@H](C)O3)Oc3ccc(cc3Cl)[C@H]2O)c2ccc(O)c(c2)-c2c(O)cc(O)cc21)C(=O)O. The number of primary amides is 1. The maximum atomic E-state index is 16.4. The number of hydrogen-bond donors (Lipinski definition) is 25. The first-order chi connectivity index (χ1) is 66.6. The lowest BCUT2D eigenvalue weighted by atomic mass is 9.86. The number of halogens is 2. The summed E-state index contributed by atoms with van der Waals surface area (Å²) in [5.74, 6) is -19.1. The van der Waals surface area contributed by atoms with Crippen LogP contribution < -0.4 is 95.6 Å². The lowest BCUT2D eigenvalue weighted by Gasteiger charge is -2.47. The van der Waals surface area contributed by atoms with Crippen LogP contribution in [0.1, 0.15) is 228 Å². The average Bonchev–Trinajstić information content (AvgIpc) is 0.624. The van der Waals surface area contributed by atoms with Gasteiger partial charge in [0, 0.05) is 42.1 Å². The van der Waals surface area contributed by atoms with E-state index >= 15 is 28.8 Å². The number of amides is 11. The molecule has 21 atom stereocenters. The molecule has 0 spiro atoms. The van der Waals surface area contributed by atoms with Gasteiger partial charge in [0.25, 0.3) is 0 Å². The molecule has 2 saturated heterocycles. The summed E-state index contributed by atoms with van der Waals surface area (Å²) < 4.78 is 38.8. The second-order valence-corrected chi connectivity index (χ2v) is 37.4. The van der Waals surface area contributed by atoms with E-state index in [0.29, 0.717) is 38.6 Å². The number of hydrogen-bond acceptors (Lipinski definition) is 31. The first-order valence-electron chi connectivity index (χ1n) is 47.1. The second kappa shape index (κ2) is 51.3. The third-order valence-corrected chi connectivity index (χ3v) is 25.6. The van der Waals surface area contributed by atoms with Crippen LogP contribution in [0.4, 0.5) is 0 Å². The number of carboxylic acids is 1. The van der Waals surface area contributed by atoms with Crippen LogP contribution in [0.25, 0.3) is 11.1 Å². The molecule has 0 saturated carbocycles. The molecule has 1 unspecified atom stereocenters. The Morgan fingerprint density at radius 1 is 0.600 bits per heavy atom. The standard InChI is InChI=1S/C95H131Cl2N15O28/c1-7-8-9-10-11-12-13-14-24-69(118)104-56(21-15-18-31-98)84(124)105-57(22-16-19-32-99)85(125)106-58(93(133)134)23-17-20-33-103-88(128)74-53-40-51(114)41-62(116)71(53)52-35-47(25-28-61(52)115)72-89(129)112-76(92(132)110-74)78(120)49-27-30-64(55(97)37-49)137-66-39-50-38-65(81(66)140-94-82(80(122)79(121)67(44-113)138-94)139-70-43-95(5,101)83(123)46(4)135-70)136-63-29-26-48(36-54(63)96)77(119)75(111-86(126)59(102-6)34-45(2)3)91(131)107-60(42-68(100)117)87(127)108-73(50)90(130)109-72/h25-30,35-41,45-46,56-60,67,70,72-80,82-83,94,102,113-116,119-123H,7-24,31-34,42-44,98-99,101H2,1-6H3,(H2,100,117)(H,103,128)(H,104,118)(H,105,124)(H,106,125)(H,107,131)(H,108,127)(H,109,130)(H,110,132)(H,111,126)(H,112,129)(H,133,134)/t46-,56-,57-,58?,59+,60-,67+,70-,72+,73+,74-,75+,76-,77+,78+,79+,80-,82+,83+,94-,95-/m0/s1. The highest BCUT2D eigenvalue weighted by Crippen LogP contribution is 2.50. The number of unbranched alkanes of at least 4 members (excludes halogenated alkanes) is 10. The number of fused-ring (bicyclic) bond motifs is 15. The van der Waals surface area contributed by atoms with Crippen molar-refractivity contribution in [3.05, 3.63) is 117 Å². The molecule has 0 radical (unpaired) electrons. The van der Waals surface area contributed by atoms with E-state index in [2.05, 4.69) is 65.4 Å². The summed E-state index contributed by atoms with van der Waals surface area (Å²) in [7, 11) is 1.46. The van der Waals surface area contributed by atoms with Crippen LogP contribution in [0.3, 0.4) is 0 Å². The molecule has 2 fully saturated rings. The van der Waals surface area contributed by atoms with Crippen molar-refractivity contribution >= 4 is 94.2 Å².